The van der Waals surface area contributed by atoms with Crippen LogP contribution < -0.4 is 10.1 Å². The average Bonchev–Trinajstić information content (AvgIpc) is 2.58. The molecule has 0 aliphatic carbocycles. The van der Waals surface area contributed by atoms with E-state index >= 15 is 0 Å². The van der Waals surface area contributed by atoms with Crippen molar-refractivity contribution in [2.45, 2.75) is 11.4 Å². The average molecular weight is 350 g/mol. The number of hydrogen-bond acceptors (Lipinski definition) is 6. The maximum Gasteiger partial charge on any atom is 0.352 e. The summed E-state index contributed by atoms with van der Waals surface area (Å²) in [6.45, 7) is -0.284. The van der Waals surface area contributed by atoms with Crippen molar-refractivity contribution < 1.29 is 29.3 Å². The fourth-order valence-electron chi connectivity index (χ4n) is 2.44. The number of thioether (sulfide) groups is 1. The number of phenolic OH excluding ortho intramolecular Hbond substituents is 1. The van der Waals surface area contributed by atoms with Crippen LogP contribution in [0.4, 0.5) is 0 Å². The van der Waals surface area contributed by atoms with E-state index in [-0.39, 0.29) is 18.1 Å². The number of carbonyl (C=O) groups excluding carboxylic acids is 2. The summed E-state index contributed by atoms with van der Waals surface area (Å²) in [6, 6.07) is 5.13. The summed E-state index contributed by atoms with van der Waals surface area (Å²) in [6.07, 6.45) is 1.48. The Labute approximate surface area is 141 Å². The fraction of sp³-hybridized carbons (Fsp3) is 0.267. The number of ether oxygens (including phenoxy) is 1. The van der Waals surface area contributed by atoms with Gasteiger partial charge in [-0.3, -0.25) is 14.5 Å². The van der Waals surface area contributed by atoms with Crippen LogP contribution in [-0.4, -0.2) is 56.7 Å². The van der Waals surface area contributed by atoms with Gasteiger partial charge in [-0.1, -0.05) is 0 Å². The fourth-order valence-corrected chi connectivity index (χ4v) is 3.64. The number of aliphatic carboxylic acids is 1. The number of carbonyl (C=O) groups is 3. The third-order valence-corrected chi connectivity index (χ3v) is 4.77. The number of aromatic hydroxyl groups is 1. The monoisotopic (exact) mass is 350 g/mol. The summed E-state index contributed by atoms with van der Waals surface area (Å²) in [5.41, 5.74) is -0.0467. The first-order chi connectivity index (χ1) is 11.5. The van der Waals surface area contributed by atoms with Crippen molar-refractivity contribution in [3.8, 4) is 11.5 Å². The van der Waals surface area contributed by atoms with E-state index in [1.807, 2.05) is 0 Å². The molecule has 1 fully saturated rings. The van der Waals surface area contributed by atoms with E-state index in [4.69, 9.17) is 14.9 Å². The van der Waals surface area contributed by atoms with Gasteiger partial charge >= 0.3 is 5.97 Å². The van der Waals surface area contributed by atoms with Crippen LogP contribution in [0.2, 0.25) is 0 Å². The number of carboxylic acid groups (broad SMARTS) is 1. The topological polar surface area (TPSA) is 116 Å². The highest BCUT2D eigenvalue weighted by Gasteiger charge is 2.52. The molecule has 2 aliphatic rings. The number of fused-ring (bicyclic) bond motifs is 1. The van der Waals surface area contributed by atoms with Gasteiger partial charge in [0.1, 0.15) is 28.6 Å². The van der Waals surface area contributed by atoms with Crippen molar-refractivity contribution in [2.24, 2.45) is 0 Å². The molecule has 1 aromatic rings. The van der Waals surface area contributed by atoms with Gasteiger partial charge in [-0.05, 0) is 30.3 Å². The van der Waals surface area contributed by atoms with Crippen molar-refractivity contribution in [3.63, 3.8) is 0 Å². The zero-order valence-electron chi connectivity index (χ0n) is 12.3. The molecule has 0 spiro atoms. The summed E-state index contributed by atoms with van der Waals surface area (Å²) >= 11 is 1.39. The second kappa shape index (κ2) is 6.44. The molecule has 126 valence electrons. The van der Waals surface area contributed by atoms with E-state index in [0.29, 0.717) is 11.5 Å². The predicted octanol–water partition coefficient (Wildman–Crippen LogP) is 0.139. The standard InChI is InChI=1S/C15H14N2O6S/c18-8-1-3-9(4-2-8)23-7-11(19)16-12-13(20)17-10(15(21)22)5-6-24-14(12)17/h1-5,12,14,18H,6-7H2,(H,16,19)(H,21,22)/t12?,14-/m0/s1. The van der Waals surface area contributed by atoms with Gasteiger partial charge in [0, 0.05) is 5.75 Å². The lowest BCUT2D eigenvalue weighted by atomic mass is 10.1. The van der Waals surface area contributed by atoms with Gasteiger partial charge in [0.2, 0.25) is 0 Å². The third-order valence-electron chi connectivity index (χ3n) is 3.59. The normalized spacial score (nSPS) is 22.1. The number of carboxylic acids is 1. The van der Waals surface area contributed by atoms with E-state index in [2.05, 4.69) is 5.32 Å². The molecule has 8 nitrogen and oxygen atoms in total. The van der Waals surface area contributed by atoms with Crippen LogP contribution >= 0.6 is 11.8 Å². The maximum atomic E-state index is 12.1. The van der Waals surface area contributed by atoms with Gasteiger partial charge in [0.15, 0.2) is 6.61 Å². The number of β-lactam (4-membered cyclic amide) rings is 1. The molecule has 2 atom stereocenters. The molecular weight excluding hydrogens is 336 g/mol. The molecule has 2 heterocycles. The Morgan fingerprint density at radius 1 is 1.33 bits per heavy atom. The van der Waals surface area contributed by atoms with Crippen LogP contribution in [0.3, 0.4) is 0 Å². The lowest BCUT2D eigenvalue weighted by Crippen LogP contribution is -2.70. The molecule has 1 unspecified atom stereocenters. The summed E-state index contributed by atoms with van der Waals surface area (Å²) in [5, 5.41) is 20.4. The van der Waals surface area contributed by atoms with E-state index < -0.39 is 29.2 Å². The smallest absolute Gasteiger partial charge is 0.352 e. The summed E-state index contributed by atoms with van der Waals surface area (Å²) in [7, 11) is 0. The number of amides is 2. The quantitative estimate of drug-likeness (QED) is 0.647. The molecule has 9 heteroatoms. The van der Waals surface area contributed by atoms with Gasteiger partial charge in [0.25, 0.3) is 11.8 Å². The van der Waals surface area contributed by atoms with Gasteiger partial charge in [-0.2, -0.15) is 0 Å². The largest absolute Gasteiger partial charge is 0.508 e. The van der Waals surface area contributed by atoms with Crippen molar-refractivity contribution >= 4 is 29.5 Å². The number of hydrogen-bond donors (Lipinski definition) is 3. The molecule has 0 bridgehead atoms. The minimum absolute atomic E-state index is 0.0467. The summed E-state index contributed by atoms with van der Waals surface area (Å²) < 4.78 is 5.26. The summed E-state index contributed by atoms with van der Waals surface area (Å²) in [4.78, 5) is 36.3. The second-order valence-electron chi connectivity index (χ2n) is 5.15. The number of phenols is 1. The SMILES string of the molecule is O=C(COc1ccc(O)cc1)NC1C(=O)N2C(C(=O)O)=CCS[C@@H]12. The molecule has 2 aliphatic heterocycles. The van der Waals surface area contributed by atoms with Gasteiger partial charge in [-0.15, -0.1) is 11.8 Å². The van der Waals surface area contributed by atoms with Crippen molar-refractivity contribution in [1.82, 2.24) is 10.2 Å². The molecule has 24 heavy (non-hydrogen) atoms. The number of benzene rings is 1. The first-order valence-corrected chi connectivity index (χ1v) is 8.11. The molecule has 3 N–H and O–H groups in total. The van der Waals surface area contributed by atoms with Crippen molar-refractivity contribution in [3.05, 3.63) is 36.0 Å². The first kappa shape index (κ1) is 16.2. The first-order valence-electron chi connectivity index (χ1n) is 7.06. The van der Waals surface area contributed by atoms with E-state index in [0.717, 1.165) is 0 Å². The van der Waals surface area contributed by atoms with E-state index in [1.54, 1.807) is 0 Å². The van der Waals surface area contributed by atoms with Crippen molar-refractivity contribution in [1.29, 1.82) is 0 Å². The van der Waals surface area contributed by atoms with Crippen LogP contribution in [0.15, 0.2) is 36.0 Å². The molecule has 0 aromatic heterocycles. The van der Waals surface area contributed by atoms with Crippen LogP contribution in [-0.2, 0) is 14.4 Å². The zero-order valence-corrected chi connectivity index (χ0v) is 13.2. The molecule has 0 radical (unpaired) electrons. The molecule has 1 aromatic carbocycles. The highest BCUT2D eigenvalue weighted by Crippen LogP contribution is 2.37. The van der Waals surface area contributed by atoms with Gasteiger partial charge in [-0.25, -0.2) is 4.79 Å². The molecule has 3 rings (SSSR count). The number of nitrogens with one attached hydrogen (secondary N) is 1. The van der Waals surface area contributed by atoms with Crippen LogP contribution in [0.25, 0.3) is 0 Å². The molecule has 0 saturated carbocycles. The Balaban J connectivity index is 1.54. The lowest BCUT2D eigenvalue weighted by molar-refractivity contribution is -0.150. The van der Waals surface area contributed by atoms with Crippen LogP contribution in [0.1, 0.15) is 0 Å². The Kier molecular flexibility index (Phi) is 4.34. The van der Waals surface area contributed by atoms with E-state index in [1.165, 1.54) is 47.0 Å². The predicted molar refractivity (Wildman–Crippen MR) is 84.3 cm³/mol. The van der Waals surface area contributed by atoms with E-state index in [9.17, 15) is 14.4 Å². The summed E-state index contributed by atoms with van der Waals surface area (Å²) in [5.74, 6) is -1.12. The molecule has 2 amide bonds. The van der Waals surface area contributed by atoms with Gasteiger partial charge in [0.05, 0.1) is 0 Å². The third kappa shape index (κ3) is 3.02. The number of rotatable bonds is 5. The molecule has 1 saturated heterocycles. The Morgan fingerprint density at radius 2 is 2.04 bits per heavy atom. The lowest BCUT2D eigenvalue weighted by Gasteiger charge is -2.48. The highest BCUT2D eigenvalue weighted by molar-refractivity contribution is 8.00. The van der Waals surface area contributed by atoms with Crippen molar-refractivity contribution in [2.75, 3.05) is 12.4 Å². The van der Waals surface area contributed by atoms with Crippen LogP contribution in [0, 0.1) is 0 Å². The zero-order chi connectivity index (χ0) is 17.3. The minimum Gasteiger partial charge on any atom is -0.508 e. The highest BCUT2D eigenvalue weighted by atomic mass is 32.2. The number of nitrogens with zero attached hydrogens (tertiary/aromatic N) is 1. The maximum absolute atomic E-state index is 12.1. The Bertz CT molecular complexity index is 717. The Morgan fingerprint density at radius 3 is 2.71 bits per heavy atom. The van der Waals surface area contributed by atoms with Gasteiger partial charge < -0.3 is 20.3 Å². The second-order valence-corrected chi connectivity index (χ2v) is 6.30. The van der Waals surface area contributed by atoms with Crippen LogP contribution in [0.5, 0.6) is 11.5 Å². The molecular formula is C15H14N2O6S. The minimum atomic E-state index is -1.16. The Hall–Kier alpha value is -2.68.